The molecule has 2 aromatic heterocycles. The number of hydrogen-bond acceptors (Lipinski definition) is 7. The Morgan fingerprint density at radius 1 is 1.24 bits per heavy atom. The molecule has 3 heterocycles. The molecule has 8 nitrogen and oxygen atoms in total. The summed E-state index contributed by atoms with van der Waals surface area (Å²) in [6, 6.07) is 6.56. The zero-order chi connectivity index (χ0) is 21.1. The van der Waals surface area contributed by atoms with Crippen LogP contribution in [0.25, 0.3) is 0 Å². The second-order valence-corrected chi connectivity index (χ2v) is 12.2. The number of rotatable bonds is 7. The first-order valence-electron chi connectivity index (χ1n) is 9.10. The quantitative estimate of drug-likeness (QED) is 0.673. The number of thiophene rings is 1. The van der Waals surface area contributed by atoms with Gasteiger partial charge in [0.1, 0.15) is 9.46 Å². The maximum absolute atomic E-state index is 13.1. The molecule has 0 spiro atoms. The second kappa shape index (κ2) is 8.90. The van der Waals surface area contributed by atoms with E-state index in [-0.39, 0.29) is 35.7 Å². The van der Waals surface area contributed by atoms with E-state index >= 15 is 0 Å². The third-order valence-electron chi connectivity index (χ3n) is 4.96. The molecular weight excluding hydrogens is 434 g/mol. The van der Waals surface area contributed by atoms with E-state index in [9.17, 15) is 21.6 Å². The van der Waals surface area contributed by atoms with Crippen LogP contribution in [0.3, 0.4) is 0 Å². The van der Waals surface area contributed by atoms with Crippen molar-refractivity contribution in [1.29, 1.82) is 0 Å². The predicted octanol–water partition coefficient (Wildman–Crippen LogP) is 1.45. The molecule has 0 aromatic carbocycles. The molecule has 11 heteroatoms. The van der Waals surface area contributed by atoms with Crippen molar-refractivity contribution in [2.75, 3.05) is 25.9 Å². The molecule has 0 aliphatic carbocycles. The Morgan fingerprint density at radius 2 is 1.97 bits per heavy atom. The van der Waals surface area contributed by atoms with Crippen LogP contribution in [0.15, 0.2) is 46.2 Å². The highest BCUT2D eigenvalue weighted by Crippen LogP contribution is 2.31. The first kappa shape index (κ1) is 21.9. The average Bonchev–Trinajstić information content (AvgIpc) is 3.24. The van der Waals surface area contributed by atoms with Crippen molar-refractivity contribution >= 4 is 37.1 Å². The average molecular weight is 458 g/mol. The maximum Gasteiger partial charge on any atom is 0.223 e. The third-order valence-corrected chi connectivity index (χ3v) is 9.80. The van der Waals surface area contributed by atoms with Crippen LogP contribution in [0.4, 0.5) is 0 Å². The minimum Gasteiger partial charge on any atom is -0.354 e. The molecule has 1 amide bonds. The lowest BCUT2D eigenvalue weighted by Gasteiger charge is -2.29. The van der Waals surface area contributed by atoms with Crippen molar-refractivity contribution in [2.24, 2.45) is 5.92 Å². The second-order valence-electron chi connectivity index (χ2n) is 6.93. The molecule has 29 heavy (non-hydrogen) atoms. The fraction of sp³-hybridized carbons (Fsp3) is 0.444. The van der Waals surface area contributed by atoms with E-state index in [0.717, 1.165) is 17.6 Å². The largest absolute Gasteiger partial charge is 0.354 e. The number of carbonyl (C=O) groups excluding carboxylic acids is 1. The summed E-state index contributed by atoms with van der Waals surface area (Å²) in [6.45, 7) is 0.504. The Balaban J connectivity index is 1.71. The van der Waals surface area contributed by atoms with Crippen molar-refractivity contribution in [3.63, 3.8) is 0 Å². The predicted molar refractivity (Wildman–Crippen MR) is 111 cm³/mol. The fourth-order valence-electron chi connectivity index (χ4n) is 3.33. The lowest BCUT2D eigenvalue weighted by atomic mass is 9.97. The van der Waals surface area contributed by atoms with E-state index in [1.54, 1.807) is 35.8 Å². The van der Waals surface area contributed by atoms with Gasteiger partial charge in [0, 0.05) is 37.9 Å². The molecule has 2 aromatic rings. The molecule has 1 N–H and O–H groups in total. The van der Waals surface area contributed by atoms with Crippen LogP contribution in [0.1, 0.15) is 23.7 Å². The number of nitrogens with zero attached hydrogens (tertiary/aromatic N) is 2. The summed E-state index contributed by atoms with van der Waals surface area (Å²) in [5.74, 6) is -0.597. The first-order valence-corrected chi connectivity index (χ1v) is 13.4. The normalized spacial score (nSPS) is 17.7. The van der Waals surface area contributed by atoms with Gasteiger partial charge in [-0.05, 0) is 35.9 Å². The highest BCUT2D eigenvalue weighted by atomic mass is 32.2. The molecule has 3 rings (SSSR count). The smallest absolute Gasteiger partial charge is 0.223 e. The van der Waals surface area contributed by atoms with Gasteiger partial charge in [0.15, 0.2) is 9.84 Å². The van der Waals surface area contributed by atoms with E-state index in [1.165, 1.54) is 10.5 Å². The minimum absolute atomic E-state index is 0.0724. The number of sulfone groups is 1. The molecule has 1 aliphatic heterocycles. The fourth-order valence-corrected chi connectivity index (χ4v) is 7.05. The van der Waals surface area contributed by atoms with Crippen molar-refractivity contribution < 1.29 is 21.6 Å². The number of aromatic nitrogens is 1. The van der Waals surface area contributed by atoms with Crippen LogP contribution in [-0.4, -0.2) is 57.9 Å². The monoisotopic (exact) mass is 457 g/mol. The van der Waals surface area contributed by atoms with Gasteiger partial charge in [-0.25, -0.2) is 21.1 Å². The van der Waals surface area contributed by atoms with E-state index in [1.807, 2.05) is 0 Å². The van der Waals surface area contributed by atoms with Crippen LogP contribution < -0.4 is 5.32 Å². The van der Waals surface area contributed by atoms with Gasteiger partial charge in [0.25, 0.3) is 0 Å². The van der Waals surface area contributed by atoms with Crippen LogP contribution in [0.2, 0.25) is 0 Å². The molecule has 1 saturated heterocycles. The molecule has 0 saturated carbocycles. The van der Waals surface area contributed by atoms with Crippen molar-refractivity contribution in [3.8, 4) is 0 Å². The molecule has 1 aliphatic rings. The molecule has 0 radical (unpaired) electrons. The summed E-state index contributed by atoms with van der Waals surface area (Å²) in [7, 11) is -6.95. The molecule has 0 bridgehead atoms. The highest BCUT2D eigenvalue weighted by molar-refractivity contribution is 7.93. The van der Waals surface area contributed by atoms with Crippen molar-refractivity contribution in [1.82, 2.24) is 14.6 Å². The summed E-state index contributed by atoms with van der Waals surface area (Å²) in [5.41, 5.74) is 0.507. The number of nitrogens with one attached hydrogen (secondary N) is 1. The molecular formula is C18H23N3O5S3. The summed E-state index contributed by atoms with van der Waals surface area (Å²) in [6.07, 6.45) is 5.03. The van der Waals surface area contributed by atoms with E-state index in [0.29, 0.717) is 18.4 Å². The number of sulfonamides is 1. The van der Waals surface area contributed by atoms with Gasteiger partial charge in [-0.2, -0.15) is 0 Å². The topological polar surface area (TPSA) is 114 Å². The highest BCUT2D eigenvalue weighted by Gasteiger charge is 2.33. The number of carbonyl (C=O) groups is 1. The summed E-state index contributed by atoms with van der Waals surface area (Å²) >= 11 is 1.13. The third kappa shape index (κ3) is 5.21. The van der Waals surface area contributed by atoms with Crippen LogP contribution in [0, 0.1) is 5.92 Å². The Kier molecular flexibility index (Phi) is 6.72. The zero-order valence-electron chi connectivity index (χ0n) is 15.9. The maximum atomic E-state index is 13.1. The molecule has 158 valence electrons. The lowest BCUT2D eigenvalue weighted by Crippen LogP contribution is -2.43. The Labute approximate surface area is 174 Å². The standard InChI is InChI=1S/C18H23N3O5S3/c1-28(23,24)21-9-6-14(7-10-21)18(22)20-13-16(15-4-2-8-19-12-15)29(25,26)17-5-3-11-27-17/h2-5,8,11-12,14,16H,6-7,9-10,13H2,1H3,(H,20,22). The Hall–Kier alpha value is -1.82. The van der Waals surface area contributed by atoms with Crippen LogP contribution >= 0.6 is 11.3 Å². The van der Waals surface area contributed by atoms with Gasteiger partial charge < -0.3 is 5.32 Å². The van der Waals surface area contributed by atoms with Gasteiger partial charge in [0.05, 0.1) is 6.26 Å². The van der Waals surface area contributed by atoms with Crippen LogP contribution in [-0.2, 0) is 24.7 Å². The zero-order valence-corrected chi connectivity index (χ0v) is 18.3. The van der Waals surface area contributed by atoms with Crippen molar-refractivity contribution in [2.45, 2.75) is 22.3 Å². The van der Waals surface area contributed by atoms with Gasteiger partial charge in [-0.15, -0.1) is 11.3 Å². The van der Waals surface area contributed by atoms with E-state index < -0.39 is 25.1 Å². The van der Waals surface area contributed by atoms with Gasteiger partial charge in [0.2, 0.25) is 15.9 Å². The summed E-state index contributed by atoms with van der Waals surface area (Å²) < 4.78 is 51.0. The van der Waals surface area contributed by atoms with Gasteiger partial charge >= 0.3 is 0 Å². The van der Waals surface area contributed by atoms with E-state index in [2.05, 4.69) is 10.3 Å². The molecule has 1 unspecified atom stereocenters. The number of piperidine rings is 1. The minimum atomic E-state index is -3.69. The van der Waals surface area contributed by atoms with Gasteiger partial charge in [-0.1, -0.05) is 12.1 Å². The number of hydrogen-bond donors (Lipinski definition) is 1. The van der Waals surface area contributed by atoms with E-state index in [4.69, 9.17) is 0 Å². The SMILES string of the molecule is CS(=O)(=O)N1CCC(C(=O)NCC(c2cccnc2)S(=O)(=O)c2cccs2)CC1. The summed E-state index contributed by atoms with van der Waals surface area (Å²) in [4.78, 5) is 16.6. The Morgan fingerprint density at radius 3 is 2.52 bits per heavy atom. The first-order chi connectivity index (χ1) is 13.7. The van der Waals surface area contributed by atoms with Crippen molar-refractivity contribution in [3.05, 3.63) is 47.6 Å². The summed E-state index contributed by atoms with van der Waals surface area (Å²) in [5, 5.41) is 3.51. The molecule has 1 fully saturated rings. The Bertz CT molecular complexity index is 1030. The van der Waals surface area contributed by atoms with Crippen LogP contribution in [0.5, 0.6) is 0 Å². The molecule has 1 atom stereocenters. The lowest BCUT2D eigenvalue weighted by molar-refractivity contribution is -0.126. The number of amides is 1. The number of pyridine rings is 1. The van der Waals surface area contributed by atoms with Gasteiger partial charge in [-0.3, -0.25) is 9.78 Å².